The number of rotatable bonds is 6. The van der Waals surface area contributed by atoms with Crippen molar-refractivity contribution in [2.75, 3.05) is 18.4 Å². The van der Waals surface area contributed by atoms with Crippen molar-refractivity contribution in [2.24, 2.45) is 17.8 Å². The normalized spacial score (nSPS) is 26.9. The smallest absolute Gasteiger partial charge is 0.314 e. The Morgan fingerprint density at radius 2 is 2.00 bits per heavy atom. The van der Waals surface area contributed by atoms with E-state index >= 15 is 0 Å². The summed E-state index contributed by atoms with van der Waals surface area (Å²) < 4.78 is 13.9. The molecule has 4 rings (SSSR count). The van der Waals surface area contributed by atoms with Gasteiger partial charge in [0.15, 0.2) is 0 Å². The molecule has 176 valence electrons. The van der Waals surface area contributed by atoms with Crippen molar-refractivity contribution < 1.29 is 28.4 Å². The molecule has 10 heteroatoms. The van der Waals surface area contributed by atoms with Gasteiger partial charge in [-0.1, -0.05) is 18.6 Å². The molecule has 1 saturated carbocycles. The fraction of sp³-hybridized carbons (Fsp3) is 0.522. The Morgan fingerprint density at radius 3 is 2.70 bits per heavy atom. The third kappa shape index (κ3) is 4.74. The summed E-state index contributed by atoms with van der Waals surface area (Å²) in [5.74, 6) is -3.64. The summed E-state index contributed by atoms with van der Waals surface area (Å²) in [6.45, 7) is 0.790. The fourth-order valence-electron chi connectivity index (χ4n) is 5.31. The van der Waals surface area contributed by atoms with Crippen LogP contribution in [0.15, 0.2) is 24.3 Å². The minimum Gasteiger partial charge on any atom is -0.356 e. The van der Waals surface area contributed by atoms with Crippen LogP contribution in [-0.4, -0.2) is 60.0 Å². The average Bonchev–Trinajstić information content (AvgIpc) is 3.50. The molecule has 0 spiro atoms. The molecule has 0 bridgehead atoms. The number of carbonyl (C=O) groups excluding carboxylic acids is 5. The van der Waals surface area contributed by atoms with Gasteiger partial charge in [-0.05, 0) is 49.7 Å². The van der Waals surface area contributed by atoms with Crippen LogP contribution in [0.5, 0.6) is 0 Å². The van der Waals surface area contributed by atoms with Crippen molar-refractivity contribution in [1.29, 1.82) is 0 Å². The maximum absolute atomic E-state index is 13.9. The van der Waals surface area contributed by atoms with Crippen molar-refractivity contribution in [3.05, 3.63) is 30.1 Å². The summed E-state index contributed by atoms with van der Waals surface area (Å²) in [6.07, 6.45) is 3.87. The number of nitrogens with zero attached hydrogens (tertiary/aromatic N) is 1. The van der Waals surface area contributed by atoms with E-state index in [-0.39, 0.29) is 42.3 Å². The highest BCUT2D eigenvalue weighted by Crippen LogP contribution is 2.42. The third-order valence-electron chi connectivity index (χ3n) is 6.93. The summed E-state index contributed by atoms with van der Waals surface area (Å²) in [6, 6.07) is 3.75. The number of anilines is 1. The molecule has 3 unspecified atom stereocenters. The second-order valence-electron chi connectivity index (χ2n) is 8.95. The first-order valence-electron chi connectivity index (χ1n) is 11.3. The molecular formula is C23H27FN4O5. The molecule has 1 aromatic rings. The predicted molar refractivity (Wildman–Crippen MR) is 115 cm³/mol. The zero-order valence-electron chi connectivity index (χ0n) is 18.1. The summed E-state index contributed by atoms with van der Waals surface area (Å²) in [4.78, 5) is 63.5. The third-order valence-corrected chi connectivity index (χ3v) is 6.93. The zero-order valence-corrected chi connectivity index (χ0v) is 18.1. The lowest BCUT2D eigenvalue weighted by molar-refractivity contribution is -0.147. The standard InChI is InChI=1S/C23H27FN4O5/c24-17-6-1-2-7-18(17)27-22(32)23(33)28-11-14-4-3-5-16(14)19(28)21(31)26-15(12-29)10-13-8-9-25-20(13)30/h1-2,6-7,12-16,19H,3-5,8-11H2,(H,25,30)(H,26,31)(H,27,32)/t13-,14?,15-,16?,19?/m0/s1. The van der Waals surface area contributed by atoms with E-state index in [0.717, 1.165) is 19.3 Å². The van der Waals surface area contributed by atoms with E-state index in [1.165, 1.54) is 29.2 Å². The van der Waals surface area contributed by atoms with Gasteiger partial charge in [0.2, 0.25) is 11.8 Å². The molecule has 2 saturated heterocycles. The Labute approximate surface area is 190 Å². The number of hydrogen-bond acceptors (Lipinski definition) is 5. The molecule has 3 fully saturated rings. The van der Waals surface area contributed by atoms with Gasteiger partial charge in [-0.3, -0.25) is 19.2 Å². The Kier molecular flexibility index (Phi) is 6.71. The van der Waals surface area contributed by atoms with E-state index in [2.05, 4.69) is 16.0 Å². The Hall–Kier alpha value is -3.30. The number of hydrogen-bond donors (Lipinski definition) is 3. The molecule has 5 atom stereocenters. The number of amides is 4. The summed E-state index contributed by atoms with van der Waals surface area (Å²) >= 11 is 0. The molecule has 2 heterocycles. The Bertz CT molecular complexity index is 970. The first kappa shape index (κ1) is 22.9. The number of para-hydroxylation sites is 1. The van der Waals surface area contributed by atoms with E-state index in [0.29, 0.717) is 19.3 Å². The lowest BCUT2D eigenvalue weighted by Crippen LogP contribution is -2.53. The lowest BCUT2D eigenvalue weighted by Gasteiger charge is -2.28. The SMILES string of the molecule is O=C[C@H](C[C@@H]1CCNC1=O)NC(=O)C1C2CCCC2CN1C(=O)C(=O)Nc1ccccc1F. The first-order valence-corrected chi connectivity index (χ1v) is 11.3. The van der Waals surface area contributed by atoms with Gasteiger partial charge in [-0.25, -0.2) is 4.39 Å². The number of fused-ring (bicyclic) bond motifs is 1. The van der Waals surface area contributed by atoms with Crippen LogP contribution < -0.4 is 16.0 Å². The molecule has 3 aliphatic rings. The molecule has 1 aromatic carbocycles. The predicted octanol–water partition coefficient (Wildman–Crippen LogP) is 0.601. The molecule has 33 heavy (non-hydrogen) atoms. The molecule has 9 nitrogen and oxygen atoms in total. The van der Waals surface area contributed by atoms with E-state index in [9.17, 15) is 28.4 Å². The number of benzene rings is 1. The highest BCUT2D eigenvalue weighted by molar-refractivity contribution is 6.40. The minimum atomic E-state index is -1.02. The number of likely N-dealkylation sites (tertiary alicyclic amines) is 1. The monoisotopic (exact) mass is 458 g/mol. The quantitative estimate of drug-likeness (QED) is 0.425. The molecule has 0 radical (unpaired) electrons. The van der Waals surface area contributed by atoms with Gasteiger partial charge in [0, 0.05) is 19.0 Å². The molecule has 2 aliphatic heterocycles. The van der Waals surface area contributed by atoms with Crippen molar-refractivity contribution in [2.45, 2.75) is 44.2 Å². The van der Waals surface area contributed by atoms with Crippen LogP contribution in [0.25, 0.3) is 0 Å². The van der Waals surface area contributed by atoms with Gasteiger partial charge in [-0.2, -0.15) is 0 Å². The molecule has 1 aliphatic carbocycles. The fourth-order valence-corrected chi connectivity index (χ4v) is 5.31. The topological polar surface area (TPSA) is 125 Å². The van der Waals surface area contributed by atoms with E-state index < -0.39 is 35.6 Å². The summed E-state index contributed by atoms with van der Waals surface area (Å²) in [5, 5.41) is 7.66. The highest BCUT2D eigenvalue weighted by Gasteiger charge is 2.50. The van der Waals surface area contributed by atoms with Gasteiger partial charge < -0.3 is 25.6 Å². The van der Waals surface area contributed by atoms with Crippen LogP contribution in [0.3, 0.4) is 0 Å². The first-order chi connectivity index (χ1) is 15.9. The average molecular weight is 458 g/mol. The van der Waals surface area contributed by atoms with Gasteiger partial charge >= 0.3 is 11.8 Å². The van der Waals surface area contributed by atoms with E-state index in [4.69, 9.17) is 0 Å². The zero-order chi connectivity index (χ0) is 23.5. The van der Waals surface area contributed by atoms with Gasteiger partial charge in [0.1, 0.15) is 18.1 Å². The highest BCUT2D eigenvalue weighted by atomic mass is 19.1. The number of aldehydes is 1. The van der Waals surface area contributed by atoms with Crippen molar-refractivity contribution in [1.82, 2.24) is 15.5 Å². The van der Waals surface area contributed by atoms with Crippen molar-refractivity contribution in [3.63, 3.8) is 0 Å². The van der Waals surface area contributed by atoms with Gasteiger partial charge in [0.05, 0.1) is 11.7 Å². The Morgan fingerprint density at radius 1 is 1.21 bits per heavy atom. The molecule has 4 amide bonds. The van der Waals surface area contributed by atoms with Gasteiger partial charge in [0.25, 0.3) is 0 Å². The van der Waals surface area contributed by atoms with Crippen molar-refractivity contribution >= 4 is 35.6 Å². The van der Waals surface area contributed by atoms with Gasteiger partial charge in [-0.15, -0.1) is 0 Å². The van der Waals surface area contributed by atoms with Crippen LogP contribution in [0, 0.1) is 23.6 Å². The lowest BCUT2D eigenvalue weighted by atomic mass is 9.92. The summed E-state index contributed by atoms with van der Waals surface area (Å²) in [7, 11) is 0. The second kappa shape index (κ2) is 9.68. The number of halogens is 1. The molecule has 0 aromatic heterocycles. The number of carbonyl (C=O) groups is 5. The maximum Gasteiger partial charge on any atom is 0.314 e. The van der Waals surface area contributed by atoms with Crippen LogP contribution in [-0.2, 0) is 24.0 Å². The molecular weight excluding hydrogens is 431 g/mol. The largest absolute Gasteiger partial charge is 0.356 e. The number of nitrogens with one attached hydrogen (secondary N) is 3. The van der Waals surface area contributed by atoms with Crippen LogP contribution in [0.2, 0.25) is 0 Å². The van der Waals surface area contributed by atoms with Crippen LogP contribution >= 0.6 is 0 Å². The second-order valence-corrected chi connectivity index (χ2v) is 8.95. The van der Waals surface area contributed by atoms with E-state index in [1.54, 1.807) is 0 Å². The maximum atomic E-state index is 13.9. The summed E-state index contributed by atoms with van der Waals surface area (Å²) in [5.41, 5.74) is -0.118. The minimum absolute atomic E-state index is 0.0845. The molecule has 3 N–H and O–H groups in total. The van der Waals surface area contributed by atoms with Crippen molar-refractivity contribution in [3.8, 4) is 0 Å². The Balaban J connectivity index is 1.46. The van der Waals surface area contributed by atoms with Crippen LogP contribution in [0.4, 0.5) is 10.1 Å². The van der Waals surface area contributed by atoms with Crippen LogP contribution in [0.1, 0.15) is 32.1 Å². The van der Waals surface area contributed by atoms with E-state index in [1.807, 2.05) is 0 Å².